The molecule has 0 bridgehead atoms. The first kappa shape index (κ1) is 19.9. The summed E-state index contributed by atoms with van der Waals surface area (Å²) in [5.41, 5.74) is 3.98. The van der Waals surface area contributed by atoms with E-state index in [1.807, 2.05) is 12.1 Å². The average Bonchev–Trinajstić information content (AvgIpc) is 2.58. The Morgan fingerprint density at radius 2 is 1.38 bits per heavy atom. The molecule has 2 aliphatic carbocycles. The molecule has 0 spiro atoms. The van der Waals surface area contributed by atoms with Crippen LogP contribution in [0.15, 0.2) is 46.8 Å². The van der Waals surface area contributed by atoms with Gasteiger partial charge in [-0.25, -0.2) is 0 Å². The van der Waals surface area contributed by atoms with Gasteiger partial charge in [0.25, 0.3) is 0 Å². The van der Waals surface area contributed by atoms with Crippen molar-refractivity contribution < 1.29 is 14.7 Å². The fraction of sp³-hybridized carbons (Fsp3) is 0.520. The van der Waals surface area contributed by atoms with Crippen LogP contribution < -0.4 is 0 Å². The van der Waals surface area contributed by atoms with Crippen LogP contribution in [0.1, 0.15) is 71.8 Å². The molecule has 1 N–H and O–H groups in total. The molecular weight excluding hydrogens is 362 g/mol. The predicted octanol–water partition coefficient (Wildman–Crippen LogP) is 5.10. The van der Waals surface area contributed by atoms with Crippen molar-refractivity contribution in [1.29, 1.82) is 0 Å². The average molecular weight is 394 g/mol. The van der Waals surface area contributed by atoms with E-state index in [4.69, 9.17) is 0 Å². The van der Waals surface area contributed by atoms with Crippen LogP contribution in [-0.2, 0) is 9.59 Å². The van der Waals surface area contributed by atoms with Crippen molar-refractivity contribution in [2.45, 2.75) is 66.2 Å². The van der Waals surface area contributed by atoms with Gasteiger partial charge in [-0.1, -0.05) is 45.9 Å². The quantitative estimate of drug-likeness (QED) is 0.760. The number of phenolic OH excluding ortho intramolecular Hbond substituents is 1. The largest absolute Gasteiger partial charge is 0.508 e. The molecule has 0 unspecified atom stereocenters. The third-order valence-electron chi connectivity index (χ3n) is 6.59. The second kappa shape index (κ2) is 6.58. The van der Waals surface area contributed by atoms with Gasteiger partial charge >= 0.3 is 0 Å². The molecular formula is C25H31NO3. The summed E-state index contributed by atoms with van der Waals surface area (Å²) in [7, 11) is 0. The molecule has 0 fully saturated rings. The number of carbonyl (C=O) groups is 2. The van der Waals surface area contributed by atoms with Crippen LogP contribution in [0.25, 0.3) is 0 Å². The summed E-state index contributed by atoms with van der Waals surface area (Å²) in [5, 5.41) is 10.7. The topological polar surface area (TPSA) is 57.6 Å². The second-order valence-corrected chi connectivity index (χ2v) is 10.3. The molecule has 29 heavy (non-hydrogen) atoms. The lowest BCUT2D eigenvalue weighted by atomic mass is 9.63. The highest BCUT2D eigenvalue weighted by molar-refractivity contribution is 6.07. The first-order chi connectivity index (χ1) is 13.5. The highest BCUT2D eigenvalue weighted by Crippen LogP contribution is 2.55. The Morgan fingerprint density at radius 3 is 1.83 bits per heavy atom. The normalized spacial score (nSPS) is 24.0. The van der Waals surface area contributed by atoms with E-state index in [1.54, 1.807) is 12.1 Å². The van der Waals surface area contributed by atoms with E-state index in [-0.39, 0.29) is 28.1 Å². The molecule has 0 radical (unpaired) electrons. The fourth-order valence-corrected chi connectivity index (χ4v) is 5.47. The predicted molar refractivity (Wildman–Crippen MR) is 113 cm³/mol. The van der Waals surface area contributed by atoms with Crippen molar-refractivity contribution in [3.63, 3.8) is 0 Å². The van der Waals surface area contributed by atoms with Gasteiger partial charge in [-0.05, 0) is 36.7 Å². The number of nitrogens with zero attached hydrogens (tertiary/aromatic N) is 1. The molecule has 4 nitrogen and oxygen atoms in total. The molecule has 154 valence electrons. The molecule has 0 saturated carbocycles. The van der Waals surface area contributed by atoms with Gasteiger partial charge in [0, 0.05) is 53.4 Å². The minimum atomic E-state index is -0.462. The molecule has 0 atom stereocenters. The van der Waals surface area contributed by atoms with Crippen molar-refractivity contribution in [3.05, 3.63) is 52.4 Å². The summed E-state index contributed by atoms with van der Waals surface area (Å²) in [4.78, 5) is 29.1. The van der Waals surface area contributed by atoms with Crippen molar-refractivity contribution in [2.75, 3.05) is 6.54 Å². The summed E-state index contributed by atoms with van der Waals surface area (Å²) < 4.78 is 0. The van der Waals surface area contributed by atoms with Crippen LogP contribution in [0, 0.1) is 10.8 Å². The van der Waals surface area contributed by atoms with E-state index in [0.717, 1.165) is 41.9 Å². The first-order valence-electron chi connectivity index (χ1n) is 10.6. The number of hydrogen-bond acceptors (Lipinski definition) is 4. The monoisotopic (exact) mass is 393 g/mol. The summed E-state index contributed by atoms with van der Waals surface area (Å²) in [5.74, 6) is -0.105. The number of rotatable bonds is 2. The lowest BCUT2D eigenvalue weighted by Gasteiger charge is -2.48. The number of aromatic hydroxyl groups is 1. The lowest BCUT2D eigenvalue weighted by Crippen LogP contribution is -2.44. The smallest absolute Gasteiger partial charge is 0.162 e. The van der Waals surface area contributed by atoms with Gasteiger partial charge in [-0.2, -0.15) is 0 Å². The van der Waals surface area contributed by atoms with Crippen LogP contribution >= 0.6 is 0 Å². The SMILES string of the molecule is CCN1C2=C(C(=O)CC(C)(C)C2)C(c2ccccc2O)C2=C1CC(C)(C)CC2=O. The molecule has 4 rings (SSSR count). The Labute approximate surface area is 173 Å². The zero-order chi connectivity index (χ0) is 21.1. The molecule has 0 amide bonds. The maximum absolute atomic E-state index is 13.4. The van der Waals surface area contributed by atoms with Crippen molar-refractivity contribution in [3.8, 4) is 5.75 Å². The van der Waals surface area contributed by atoms with Crippen LogP contribution in [0.3, 0.4) is 0 Å². The summed E-state index contributed by atoms with van der Waals surface area (Å²) in [6.07, 6.45) is 2.54. The van der Waals surface area contributed by atoms with Crippen LogP contribution in [0.5, 0.6) is 5.75 Å². The minimum absolute atomic E-state index is 0.104. The summed E-state index contributed by atoms with van der Waals surface area (Å²) >= 11 is 0. The Bertz CT molecular complexity index is 910. The van der Waals surface area contributed by atoms with Gasteiger partial charge in [-0.3, -0.25) is 9.59 Å². The molecule has 4 heteroatoms. The highest BCUT2D eigenvalue weighted by atomic mass is 16.3. The maximum atomic E-state index is 13.4. The molecule has 0 aromatic heterocycles. The minimum Gasteiger partial charge on any atom is -0.508 e. The number of carbonyl (C=O) groups excluding carboxylic acids is 2. The van der Waals surface area contributed by atoms with E-state index in [2.05, 4.69) is 39.5 Å². The Morgan fingerprint density at radius 1 is 0.897 bits per heavy atom. The number of benzene rings is 1. The third kappa shape index (κ3) is 3.23. The van der Waals surface area contributed by atoms with Gasteiger partial charge in [0.1, 0.15) is 5.75 Å². The van der Waals surface area contributed by atoms with Gasteiger partial charge in [0.2, 0.25) is 0 Å². The number of phenols is 1. The van der Waals surface area contributed by atoms with Gasteiger partial charge in [-0.15, -0.1) is 0 Å². The molecule has 0 saturated heterocycles. The highest BCUT2D eigenvalue weighted by Gasteiger charge is 2.49. The van der Waals surface area contributed by atoms with E-state index in [0.29, 0.717) is 18.4 Å². The van der Waals surface area contributed by atoms with E-state index >= 15 is 0 Å². The number of ketones is 2. The fourth-order valence-electron chi connectivity index (χ4n) is 5.47. The zero-order valence-electron chi connectivity index (χ0n) is 18.1. The molecule has 1 aromatic rings. The van der Waals surface area contributed by atoms with Crippen molar-refractivity contribution >= 4 is 11.6 Å². The first-order valence-corrected chi connectivity index (χ1v) is 10.6. The summed E-state index contributed by atoms with van der Waals surface area (Å²) in [6, 6.07) is 7.16. The molecule has 1 aromatic carbocycles. The van der Waals surface area contributed by atoms with Crippen LogP contribution in [0.2, 0.25) is 0 Å². The number of allylic oxidation sites excluding steroid dienone is 4. The second-order valence-electron chi connectivity index (χ2n) is 10.3. The zero-order valence-corrected chi connectivity index (χ0v) is 18.1. The number of Topliss-reactive ketones (excluding diaryl/α,β-unsaturated/α-hetero) is 2. The lowest BCUT2D eigenvalue weighted by molar-refractivity contribution is -0.119. The molecule has 1 heterocycles. The van der Waals surface area contributed by atoms with Crippen molar-refractivity contribution in [2.24, 2.45) is 10.8 Å². The number of hydrogen-bond donors (Lipinski definition) is 1. The Hall–Kier alpha value is -2.36. The van der Waals surface area contributed by atoms with Crippen molar-refractivity contribution in [1.82, 2.24) is 4.90 Å². The van der Waals surface area contributed by atoms with E-state index < -0.39 is 5.92 Å². The van der Waals surface area contributed by atoms with Crippen LogP contribution in [0.4, 0.5) is 0 Å². The molecule has 3 aliphatic rings. The Kier molecular flexibility index (Phi) is 4.52. The molecule has 1 aliphatic heterocycles. The summed E-state index contributed by atoms with van der Waals surface area (Å²) in [6.45, 7) is 11.4. The van der Waals surface area contributed by atoms with Gasteiger partial charge in [0.05, 0.1) is 0 Å². The number of para-hydroxylation sites is 1. The third-order valence-corrected chi connectivity index (χ3v) is 6.59. The standard InChI is InChI=1S/C25H31NO3/c1-6-26-16-11-24(2,3)13-19(28)22(16)21(15-9-7-8-10-18(15)27)23-17(26)12-25(4,5)14-20(23)29/h7-10,21,27H,6,11-14H2,1-5H3. The van der Waals surface area contributed by atoms with Gasteiger partial charge < -0.3 is 10.0 Å². The van der Waals surface area contributed by atoms with Crippen LogP contribution in [-0.4, -0.2) is 28.1 Å². The Balaban J connectivity index is 2.01. The van der Waals surface area contributed by atoms with E-state index in [1.165, 1.54) is 0 Å². The van der Waals surface area contributed by atoms with E-state index in [9.17, 15) is 14.7 Å². The maximum Gasteiger partial charge on any atom is 0.162 e. The van der Waals surface area contributed by atoms with Gasteiger partial charge in [0.15, 0.2) is 11.6 Å².